The van der Waals surface area contributed by atoms with Crippen LogP contribution < -0.4 is 0 Å². The van der Waals surface area contributed by atoms with Gasteiger partial charge in [-0.1, -0.05) is 76.8 Å². The average Bonchev–Trinajstić information content (AvgIpc) is 2.35. The molecule has 0 heteroatoms. The molecular weight excluding hydrogens is 204 g/mol. The van der Waals surface area contributed by atoms with Crippen LogP contribution in [0.5, 0.6) is 0 Å². The minimum absolute atomic E-state index is 0.507. The van der Waals surface area contributed by atoms with Crippen molar-refractivity contribution in [1.82, 2.24) is 0 Å². The molecule has 1 rings (SSSR count). The predicted octanol–water partition coefficient (Wildman–Crippen LogP) is 5.62. The second kappa shape index (κ2) is 7.53. The Labute approximate surface area is 107 Å². The minimum atomic E-state index is 0.507. The summed E-state index contributed by atoms with van der Waals surface area (Å²) in [4.78, 5) is 0. The lowest BCUT2D eigenvalue weighted by Gasteiger charge is -2.30. The maximum atomic E-state index is 2.48. The molecule has 0 spiro atoms. The molecule has 1 aromatic rings. The van der Waals surface area contributed by atoms with E-state index in [4.69, 9.17) is 0 Å². The van der Waals surface area contributed by atoms with Gasteiger partial charge >= 0.3 is 0 Å². The highest BCUT2D eigenvalue weighted by molar-refractivity contribution is 5.16. The Morgan fingerprint density at radius 2 is 1.41 bits per heavy atom. The second-order valence-electron chi connectivity index (χ2n) is 5.68. The molecule has 17 heavy (non-hydrogen) atoms. The third-order valence-electron chi connectivity index (χ3n) is 3.74. The lowest BCUT2D eigenvalue weighted by molar-refractivity contribution is 0.254. The van der Waals surface area contributed by atoms with E-state index >= 15 is 0 Å². The monoisotopic (exact) mass is 232 g/mol. The smallest absolute Gasteiger partial charge is 0.0225 e. The van der Waals surface area contributed by atoms with Crippen molar-refractivity contribution in [2.45, 2.75) is 65.7 Å². The summed E-state index contributed by atoms with van der Waals surface area (Å²) in [5, 5.41) is 0. The standard InChI is InChI=1S/C17H28/c1-4-6-13-17(3,14-7-5-2)15-16-11-9-8-10-12-16/h8-12H,4-7,13-15H2,1-3H3. The highest BCUT2D eigenvalue weighted by Crippen LogP contribution is 2.34. The third-order valence-corrected chi connectivity index (χ3v) is 3.74. The molecule has 0 aliphatic rings. The van der Waals surface area contributed by atoms with Crippen LogP contribution in [0, 0.1) is 5.41 Å². The van der Waals surface area contributed by atoms with E-state index in [-0.39, 0.29) is 0 Å². The van der Waals surface area contributed by atoms with Crippen LogP contribution in [0.4, 0.5) is 0 Å². The van der Waals surface area contributed by atoms with Crippen LogP contribution in [0.1, 0.15) is 64.9 Å². The fraction of sp³-hybridized carbons (Fsp3) is 0.647. The first kappa shape index (κ1) is 14.3. The van der Waals surface area contributed by atoms with Gasteiger partial charge in [-0.15, -0.1) is 0 Å². The number of unbranched alkanes of at least 4 members (excludes halogenated alkanes) is 2. The number of benzene rings is 1. The molecule has 0 bridgehead atoms. The van der Waals surface area contributed by atoms with Crippen LogP contribution in [0.15, 0.2) is 30.3 Å². The molecule has 0 fully saturated rings. The Hall–Kier alpha value is -0.780. The van der Waals surface area contributed by atoms with E-state index in [9.17, 15) is 0 Å². The van der Waals surface area contributed by atoms with Crippen LogP contribution in [-0.4, -0.2) is 0 Å². The molecule has 0 heterocycles. The van der Waals surface area contributed by atoms with Gasteiger partial charge in [-0.3, -0.25) is 0 Å². The normalized spacial score (nSPS) is 11.7. The van der Waals surface area contributed by atoms with Crippen LogP contribution in [0.25, 0.3) is 0 Å². The summed E-state index contributed by atoms with van der Waals surface area (Å²) in [6.45, 7) is 7.07. The largest absolute Gasteiger partial charge is 0.0654 e. The first-order valence-corrected chi connectivity index (χ1v) is 7.24. The molecule has 0 atom stereocenters. The Balaban J connectivity index is 2.61. The first-order chi connectivity index (χ1) is 8.20. The second-order valence-corrected chi connectivity index (χ2v) is 5.68. The van der Waals surface area contributed by atoms with Gasteiger partial charge in [0, 0.05) is 0 Å². The lowest BCUT2D eigenvalue weighted by Crippen LogP contribution is -2.19. The van der Waals surface area contributed by atoms with Crippen LogP contribution in [0.3, 0.4) is 0 Å². The van der Waals surface area contributed by atoms with Crippen molar-refractivity contribution in [2.75, 3.05) is 0 Å². The Kier molecular flexibility index (Phi) is 6.32. The van der Waals surface area contributed by atoms with Gasteiger partial charge < -0.3 is 0 Å². The van der Waals surface area contributed by atoms with Crippen LogP contribution in [-0.2, 0) is 6.42 Å². The molecule has 0 aliphatic carbocycles. The van der Waals surface area contributed by atoms with Gasteiger partial charge in [0.1, 0.15) is 0 Å². The van der Waals surface area contributed by atoms with Gasteiger partial charge in [0.2, 0.25) is 0 Å². The Morgan fingerprint density at radius 3 is 1.88 bits per heavy atom. The number of hydrogen-bond acceptors (Lipinski definition) is 0. The van der Waals surface area contributed by atoms with Crippen molar-refractivity contribution in [2.24, 2.45) is 5.41 Å². The Bertz CT molecular complexity index is 278. The van der Waals surface area contributed by atoms with Crippen LogP contribution >= 0.6 is 0 Å². The van der Waals surface area contributed by atoms with Gasteiger partial charge in [0.05, 0.1) is 0 Å². The zero-order chi connectivity index (χ0) is 12.6. The average molecular weight is 232 g/mol. The van der Waals surface area contributed by atoms with Gasteiger partial charge in [0.15, 0.2) is 0 Å². The zero-order valence-corrected chi connectivity index (χ0v) is 11.8. The summed E-state index contributed by atoms with van der Waals surface area (Å²) in [5.41, 5.74) is 2.01. The summed E-state index contributed by atoms with van der Waals surface area (Å²) < 4.78 is 0. The predicted molar refractivity (Wildman–Crippen MR) is 77.3 cm³/mol. The molecule has 0 radical (unpaired) electrons. The SMILES string of the molecule is CCCCC(C)(CCCC)Cc1ccccc1. The van der Waals surface area contributed by atoms with Gasteiger partial charge in [-0.25, -0.2) is 0 Å². The topological polar surface area (TPSA) is 0 Å². The zero-order valence-electron chi connectivity index (χ0n) is 11.8. The third kappa shape index (κ3) is 5.39. The Morgan fingerprint density at radius 1 is 0.882 bits per heavy atom. The molecule has 0 saturated carbocycles. The van der Waals surface area contributed by atoms with E-state index in [0.29, 0.717) is 5.41 Å². The van der Waals surface area contributed by atoms with Crippen molar-refractivity contribution in [3.8, 4) is 0 Å². The maximum absolute atomic E-state index is 2.48. The molecule has 1 aromatic carbocycles. The molecule has 0 nitrogen and oxygen atoms in total. The molecule has 0 aromatic heterocycles. The van der Waals surface area contributed by atoms with E-state index in [1.165, 1.54) is 50.5 Å². The van der Waals surface area contributed by atoms with Crippen LogP contribution in [0.2, 0.25) is 0 Å². The molecular formula is C17H28. The van der Waals surface area contributed by atoms with Crippen molar-refractivity contribution < 1.29 is 0 Å². The molecule has 0 N–H and O–H groups in total. The highest BCUT2D eigenvalue weighted by atomic mass is 14.3. The van der Waals surface area contributed by atoms with E-state index < -0.39 is 0 Å². The lowest BCUT2D eigenvalue weighted by atomic mass is 9.75. The van der Waals surface area contributed by atoms with E-state index in [1.54, 1.807) is 0 Å². The summed E-state index contributed by atoms with van der Waals surface area (Å²) >= 11 is 0. The van der Waals surface area contributed by atoms with Gasteiger partial charge in [-0.05, 0) is 30.2 Å². The summed E-state index contributed by atoms with van der Waals surface area (Å²) in [6.07, 6.45) is 9.36. The number of hydrogen-bond donors (Lipinski definition) is 0. The first-order valence-electron chi connectivity index (χ1n) is 7.24. The quantitative estimate of drug-likeness (QED) is 0.546. The molecule has 96 valence electrons. The highest BCUT2D eigenvalue weighted by Gasteiger charge is 2.23. The molecule has 0 aliphatic heterocycles. The summed E-state index contributed by atoms with van der Waals surface area (Å²) in [6, 6.07) is 11.0. The fourth-order valence-electron chi connectivity index (χ4n) is 2.60. The van der Waals surface area contributed by atoms with Crippen molar-refractivity contribution in [1.29, 1.82) is 0 Å². The molecule has 0 amide bonds. The van der Waals surface area contributed by atoms with E-state index in [0.717, 1.165) is 0 Å². The van der Waals surface area contributed by atoms with Gasteiger partial charge in [0.25, 0.3) is 0 Å². The van der Waals surface area contributed by atoms with Crippen molar-refractivity contribution in [3.63, 3.8) is 0 Å². The van der Waals surface area contributed by atoms with E-state index in [1.807, 2.05) is 0 Å². The number of rotatable bonds is 8. The van der Waals surface area contributed by atoms with Gasteiger partial charge in [-0.2, -0.15) is 0 Å². The van der Waals surface area contributed by atoms with E-state index in [2.05, 4.69) is 51.1 Å². The molecule has 0 unspecified atom stereocenters. The summed E-state index contributed by atoms with van der Waals surface area (Å²) in [7, 11) is 0. The minimum Gasteiger partial charge on any atom is -0.0654 e. The summed E-state index contributed by atoms with van der Waals surface area (Å²) in [5.74, 6) is 0. The van der Waals surface area contributed by atoms with Crippen molar-refractivity contribution >= 4 is 0 Å². The molecule has 0 saturated heterocycles. The fourth-order valence-corrected chi connectivity index (χ4v) is 2.60. The van der Waals surface area contributed by atoms with Crippen molar-refractivity contribution in [3.05, 3.63) is 35.9 Å². The maximum Gasteiger partial charge on any atom is -0.0225 e.